The van der Waals surface area contributed by atoms with E-state index in [0.29, 0.717) is 30.3 Å². The minimum Gasteiger partial charge on any atom is -0.511 e. The van der Waals surface area contributed by atoms with Gasteiger partial charge in [-0.05, 0) is 25.8 Å². The molecule has 0 saturated carbocycles. The van der Waals surface area contributed by atoms with E-state index in [-0.39, 0.29) is 33.7 Å². The van der Waals surface area contributed by atoms with Gasteiger partial charge in [0.1, 0.15) is 11.6 Å². The standard InChI is InChI=1S/C17H19BrCl2N2O2/c1-10(23)16-15(24)8-13(20)3-2-11(18)9-21-17(16)22-14-6-4-12(19)5-7-14/h3-4,6-7,11-12,24H,2,5,8-9H2,1H3,(H,21,22)/b13-3+,16-15?. The molecule has 0 radical (unpaired) electrons. The van der Waals surface area contributed by atoms with Crippen molar-refractivity contribution in [3.05, 3.63) is 46.4 Å². The number of rotatable bonds is 2. The second kappa shape index (κ2) is 8.88. The van der Waals surface area contributed by atoms with Crippen molar-refractivity contribution in [2.75, 3.05) is 6.54 Å². The van der Waals surface area contributed by atoms with Crippen molar-refractivity contribution >= 4 is 50.8 Å². The monoisotopic (exact) mass is 432 g/mol. The molecule has 1 aliphatic carbocycles. The molecule has 0 aromatic heterocycles. The van der Waals surface area contributed by atoms with E-state index < -0.39 is 0 Å². The van der Waals surface area contributed by atoms with Crippen LogP contribution in [0.3, 0.4) is 0 Å². The molecule has 7 heteroatoms. The molecule has 4 nitrogen and oxygen atoms in total. The van der Waals surface area contributed by atoms with Crippen LogP contribution in [0.4, 0.5) is 0 Å². The van der Waals surface area contributed by atoms with Crippen LogP contribution in [-0.4, -0.2) is 33.5 Å². The van der Waals surface area contributed by atoms with Gasteiger partial charge in [-0.15, -0.1) is 11.6 Å². The van der Waals surface area contributed by atoms with Gasteiger partial charge in [-0.25, -0.2) is 0 Å². The highest BCUT2D eigenvalue weighted by molar-refractivity contribution is 9.09. The van der Waals surface area contributed by atoms with Crippen LogP contribution >= 0.6 is 39.1 Å². The Balaban J connectivity index is 2.38. The van der Waals surface area contributed by atoms with Crippen LogP contribution in [0.25, 0.3) is 0 Å². The average molecular weight is 434 g/mol. The van der Waals surface area contributed by atoms with E-state index in [4.69, 9.17) is 23.2 Å². The van der Waals surface area contributed by atoms with Gasteiger partial charge in [-0.1, -0.05) is 45.8 Å². The molecule has 2 unspecified atom stereocenters. The predicted octanol–water partition coefficient (Wildman–Crippen LogP) is 4.51. The zero-order chi connectivity index (χ0) is 17.7. The van der Waals surface area contributed by atoms with Gasteiger partial charge in [0, 0.05) is 22.0 Å². The highest BCUT2D eigenvalue weighted by atomic mass is 79.9. The summed E-state index contributed by atoms with van der Waals surface area (Å²) in [5.74, 6) is -0.0103. The summed E-state index contributed by atoms with van der Waals surface area (Å²) in [5, 5.41) is 14.0. The lowest BCUT2D eigenvalue weighted by Crippen LogP contribution is -2.30. The van der Waals surface area contributed by atoms with E-state index >= 15 is 0 Å². The van der Waals surface area contributed by atoms with Crippen LogP contribution in [0.15, 0.2) is 51.4 Å². The number of halogens is 3. The molecule has 2 rings (SSSR count). The number of hydrogen-bond donors (Lipinski definition) is 2. The van der Waals surface area contributed by atoms with Crippen molar-refractivity contribution in [1.82, 2.24) is 5.32 Å². The molecule has 0 aromatic rings. The third-order valence-electron chi connectivity index (χ3n) is 3.57. The van der Waals surface area contributed by atoms with Gasteiger partial charge in [0.2, 0.25) is 0 Å². The second-order valence-corrected chi connectivity index (χ2v) is 7.96. The first-order valence-electron chi connectivity index (χ1n) is 7.62. The van der Waals surface area contributed by atoms with Gasteiger partial charge >= 0.3 is 0 Å². The molecule has 0 aromatic carbocycles. The molecule has 130 valence electrons. The zero-order valence-electron chi connectivity index (χ0n) is 13.2. The number of alkyl halides is 2. The number of ketones is 1. The van der Waals surface area contributed by atoms with Crippen LogP contribution in [0.5, 0.6) is 0 Å². The lowest BCUT2D eigenvalue weighted by Gasteiger charge is -2.18. The number of aliphatic imine (C=N–C) groups is 1. The summed E-state index contributed by atoms with van der Waals surface area (Å²) in [4.78, 5) is 16.7. The maximum Gasteiger partial charge on any atom is 0.166 e. The first kappa shape index (κ1) is 19.3. The van der Waals surface area contributed by atoms with Gasteiger partial charge in [0.25, 0.3) is 0 Å². The third kappa shape index (κ3) is 5.50. The highest BCUT2D eigenvalue weighted by Gasteiger charge is 2.21. The van der Waals surface area contributed by atoms with Gasteiger partial charge in [-0.2, -0.15) is 0 Å². The number of nitrogens with zero attached hydrogens (tertiary/aromatic N) is 1. The number of hydrogen-bond acceptors (Lipinski definition) is 4. The summed E-state index contributed by atoms with van der Waals surface area (Å²) in [5.41, 5.74) is 0.951. The predicted molar refractivity (Wildman–Crippen MR) is 103 cm³/mol. The van der Waals surface area contributed by atoms with Crippen LogP contribution in [-0.2, 0) is 4.79 Å². The van der Waals surface area contributed by atoms with Crippen molar-refractivity contribution in [3.8, 4) is 0 Å². The Hall–Kier alpha value is -1.04. The van der Waals surface area contributed by atoms with E-state index in [0.717, 1.165) is 5.70 Å². The highest BCUT2D eigenvalue weighted by Crippen LogP contribution is 2.22. The quantitative estimate of drug-likeness (QED) is 0.630. The number of carbonyl (C=O) groups is 1. The van der Waals surface area contributed by atoms with Crippen LogP contribution < -0.4 is 5.32 Å². The topological polar surface area (TPSA) is 61.7 Å². The first-order chi connectivity index (χ1) is 11.4. The van der Waals surface area contributed by atoms with Crippen molar-refractivity contribution in [2.24, 2.45) is 4.99 Å². The van der Waals surface area contributed by atoms with Crippen molar-refractivity contribution in [1.29, 1.82) is 0 Å². The summed E-state index contributed by atoms with van der Waals surface area (Å²) in [6, 6.07) is 0. The van der Waals surface area contributed by atoms with Crippen LogP contribution in [0.1, 0.15) is 26.2 Å². The molecule has 24 heavy (non-hydrogen) atoms. The molecular weight excluding hydrogens is 415 g/mol. The molecule has 0 spiro atoms. The summed E-state index contributed by atoms with van der Waals surface area (Å²) < 4.78 is 0. The Labute approximate surface area is 160 Å². The average Bonchev–Trinajstić information content (AvgIpc) is 2.51. The maximum absolute atomic E-state index is 12.1. The fraction of sp³-hybridized carbons (Fsp3) is 0.412. The molecule has 2 aliphatic rings. The van der Waals surface area contributed by atoms with Crippen LogP contribution in [0.2, 0.25) is 0 Å². The number of Topliss-reactive ketones (excluding diaryl/α,β-unsaturated/α-hetero) is 1. The van der Waals surface area contributed by atoms with E-state index in [1.807, 2.05) is 24.3 Å². The molecular formula is C17H19BrCl2N2O2. The van der Waals surface area contributed by atoms with Crippen molar-refractivity contribution in [2.45, 2.75) is 36.4 Å². The zero-order valence-corrected chi connectivity index (χ0v) is 16.3. The molecule has 0 amide bonds. The van der Waals surface area contributed by atoms with Gasteiger partial charge < -0.3 is 10.4 Å². The Bertz CT molecular complexity index is 666. The fourth-order valence-electron chi connectivity index (χ4n) is 2.35. The van der Waals surface area contributed by atoms with Crippen molar-refractivity contribution in [3.63, 3.8) is 0 Å². The largest absolute Gasteiger partial charge is 0.511 e. The molecule has 1 aliphatic heterocycles. The first-order valence-corrected chi connectivity index (χ1v) is 9.35. The SMILES string of the molecule is CC(=O)C1=C(O)C/C(Cl)=C\CC(Br)CN=C1NC1=CCC(Cl)C=C1. The van der Waals surface area contributed by atoms with E-state index in [2.05, 4.69) is 26.2 Å². The molecule has 2 atom stereocenters. The lowest BCUT2D eigenvalue weighted by atomic mass is 10.1. The van der Waals surface area contributed by atoms with E-state index in [1.54, 1.807) is 0 Å². The van der Waals surface area contributed by atoms with Crippen molar-refractivity contribution < 1.29 is 9.90 Å². The number of aliphatic hydroxyl groups excluding tert-OH is 1. The molecule has 0 fully saturated rings. The van der Waals surface area contributed by atoms with Gasteiger partial charge in [0.05, 0.1) is 17.5 Å². The van der Waals surface area contributed by atoms with Gasteiger partial charge in [0.15, 0.2) is 5.78 Å². The minimum atomic E-state index is -0.273. The normalized spacial score (nSPS) is 27.8. The van der Waals surface area contributed by atoms with E-state index in [1.165, 1.54) is 6.92 Å². The number of allylic oxidation sites excluding steroid dienone is 5. The minimum absolute atomic E-state index is 0.0337. The Morgan fingerprint density at radius 3 is 2.79 bits per heavy atom. The smallest absolute Gasteiger partial charge is 0.166 e. The lowest BCUT2D eigenvalue weighted by molar-refractivity contribution is -0.113. The number of aliphatic hydroxyl groups is 1. The fourth-order valence-corrected chi connectivity index (χ4v) is 3.06. The molecule has 0 saturated heterocycles. The number of amidine groups is 1. The van der Waals surface area contributed by atoms with E-state index in [9.17, 15) is 9.90 Å². The molecule has 0 bridgehead atoms. The maximum atomic E-state index is 12.1. The molecule has 2 N–H and O–H groups in total. The molecule has 1 heterocycles. The summed E-state index contributed by atoms with van der Waals surface area (Å²) >= 11 is 15.7. The number of carbonyl (C=O) groups excluding carboxylic acids is 1. The van der Waals surface area contributed by atoms with Gasteiger partial charge in [-0.3, -0.25) is 9.79 Å². The second-order valence-electron chi connectivity index (χ2n) is 5.62. The Kier molecular flexibility index (Phi) is 7.14. The summed E-state index contributed by atoms with van der Waals surface area (Å²) in [6.45, 7) is 1.85. The summed E-state index contributed by atoms with van der Waals surface area (Å²) in [6.07, 6.45) is 8.96. The summed E-state index contributed by atoms with van der Waals surface area (Å²) in [7, 11) is 0. The Morgan fingerprint density at radius 2 is 2.17 bits per heavy atom. The number of nitrogens with one attached hydrogen (secondary N) is 1. The Morgan fingerprint density at radius 1 is 1.42 bits per heavy atom. The third-order valence-corrected chi connectivity index (χ3v) is 4.84. The van der Waals surface area contributed by atoms with Crippen LogP contribution in [0, 0.1) is 0 Å².